The maximum Gasteiger partial charge on any atom is 0.422 e. The van der Waals surface area contributed by atoms with E-state index in [0.717, 1.165) is 29.2 Å². The van der Waals surface area contributed by atoms with Crippen LogP contribution < -0.4 is 15.4 Å². The molecule has 1 unspecified atom stereocenters. The number of carbonyl (C=O) groups is 1. The summed E-state index contributed by atoms with van der Waals surface area (Å²) in [5, 5.41) is 6.19. The minimum Gasteiger partial charge on any atom is -0.475 e. The van der Waals surface area contributed by atoms with Crippen LogP contribution in [0.3, 0.4) is 0 Å². The number of nitrogens with one attached hydrogen (secondary N) is 2. The summed E-state index contributed by atoms with van der Waals surface area (Å²) in [5.74, 6) is -0.0629. The maximum absolute atomic E-state index is 12.1. The molecule has 0 spiro atoms. The Bertz CT molecular complexity index is 484. The molecule has 1 amide bonds. The van der Waals surface area contributed by atoms with Crippen LogP contribution in [0.4, 0.5) is 13.2 Å². The van der Waals surface area contributed by atoms with Crippen molar-refractivity contribution < 1.29 is 22.7 Å². The third-order valence-corrected chi connectivity index (χ3v) is 4.38. The average Bonchev–Trinajstić information content (AvgIpc) is 3.07. The van der Waals surface area contributed by atoms with Gasteiger partial charge in [-0.15, -0.1) is 11.3 Å². The topological polar surface area (TPSA) is 50.4 Å². The van der Waals surface area contributed by atoms with Gasteiger partial charge in [0.25, 0.3) is 0 Å². The van der Waals surface area contributed by atoms with Crippen LogP contribution in [-0.4, -0.2) is 31.8 Å². The first-order valence-electron chi connectivity index (χ1n) is 6.65. The van der Waals surface area contributed by atoms with Crippen molar-refractivity contribution in [3.05, 3.63) is 17.0 Å². The van der Waals surface area contributed by atoms with Crippen LogP contribution in [0, 0.1) is 5.92 Å². The van der Waals surface area contributed by atoms with Gasteiger partial charge < -0.3 is 15.4 Å². The van der Waals surface area contributed by atoms with E-state index in [2.05, 4.69) is 15.4 Å². The number of hydrogen-bond donors (Lipinski definition) is 2. The standard InChI is InChI=1S/C13H17F3N2O2S/c1-8(18-12(19)9-4-5-17-6-9)10-2-3-11(21-10)20-7-13(14,15)16/h2-3,8-9,17H,4-7H2,1H3,(H,18,19)/t8?,9-/m1/s1. The Morgan fingerprint density at radius 1 is 1.57 bits per heavy atom. The van der Waals surface area contributed by atoms with E-state index in [4.69, 9.17) is 0 Å². The SMILES string of the molecule is CC(NC(=O)[C@@H]1CCNC1)c1ccc(OCC(F)(F)F)s1. The van der Waals surface area contributed by atoms with Gasteiger partial charge in [-0.2, -0.15) is 13.2 Å². The van der Waals surface area contributed by atoms with Gasteiger partial charge in [0.05, 0.1) is 12.0 Å². The molecule has 0 radical (unpaired) electrons. The minimum atomic E-state index is -4.35. The zero-order valence-electron chi connectivity index (χ0n) is 11.5. The molecule has 4 nitrogen and oxygen atoms in total. The summed E-state index contributed by atoms with van der Waals surface area (Å²) in [7, 11) is 0. The van der Waals surface area contributed by atoms with E-state index in [1.54, 1.807) is 13.0 Å². The van der Waals surface area contributed by atoms with Crippen LogP contribution >= 0.6 is 11.3 Å². The summed E-state index contributed by atoms with van der Waals surface area (Å²) >= 11 is 1.11. The first-order chi connectivity index (χ1) is 9.85. The van der Waals surface area contributed by atoms with Gasteiger partial charge in [0.1, 0.15) is 0 Å². The van der Waals surface area contributed by atoms with E-state index in [1.165, 1.54) is 6.07 Å². The molecule has 0 bridgehead atoms. The molecule has 21 heavy (non-hydrogen) atoms. The molecule has 1 saturated heterocycles. The Morgan fingerprint density at radius 2 is 2.33 bits per heavy atom. The second-order valence-corrected chi connectivity index (χ2v) is 6.06. The molecule has 2 atom stereocenters. The second kappa shape index (κ2) is 6.65. The monoisotopic (exact) mass is 322 g/mol. The molecule has 1 aliphatic rings. The fourth-order valence-corrected chi connectivity index (χ4v) is 2.94. The van der Waals surface area contributed by atoms with Crippen LogP contribution in [0.25, 0.3) is 0 Å². The first kappa shape index (κ1) is 16.1. The van der Waals surface area contributed by atoms with Gasteiger partial charge >= 0.3 is 6.18 Å². The Labute approximate surface area is 124 Å². The lowest BCUT2D eigenvalue weighted by Crippen LogP contribution is -2.33. The van der Waals surface area contributed by atoms with Crippen LogP contribution in [0.2, 0.25) is 0 Å². The molecule has 1 aromatic rings. The Balaban J connectivity index is 1.86. The highest BCUT2D eigenvalue weighted by atomic mass is 32.1. The van der Waals surface area contributed by atoms with Crippen LogP contribution in [0.15, 0.2) is 12.1 Å². The van der Waals surface area contributed by atoms with E-state index in [1.807, 2.05) is 0 Å². The molecule has 8 heteroatoms. The van der Waals surface area contributed by atoms with Crippen molar-refractivity contribution in [3.8, 4) is 5.06 Å². The van der Waals surface area contributed by atoms with Gasteiger partial charge in [0, 0.05) is 11.4 Å². The van der Waals surface area contributed by atoms with Crippen LogP contribution in [0.1, 0.15) is 24.3 Å². The van der Waals surface area contributed by atoms with Crippen LogP contribution in [0.5, 0.6) is 5.06 Å². The molecule has 1 aliphatic heterocycles. The average molecular weight is 322 g/mol. The molecule has 0 saturated carbocycles. The Kier molecular flexibility index (Phi) is 5.10. The Hall–Kier alpha value is -1.28. The number of amides is 1. The van der Waals surface area contributed by atoms with Gasteiger partial charge in [-0.05, 0) is 32.0 Å². The van der Waals surface area contributed by atoms with E-state index in [-0.39, 0.29) is 22.9 Å². The van der Waals surface area contributed by atoms with Gasteiger partial charge in [0.2, 0.25) is 5.91 Å². The molecule has 2 heterocycles. The predicted octanol–water partition coefficient (Wildman–Crippen LogP) is 2.48. The number of halogens is 3. The lowest BCUT2D eigenvalue weighted by molar-refractivity contribution is -0.152. The van der Waals surface area contributed by atoms with Crippen molar-refractivity contribution in [1.29, 1.82) is 0 Å². The fourth-order valence-electron chi connectivity index (χ4n) is 2.08. The van der Waals surface area contributed by atoms with Gasteiger partial charge in [0.15, 0.2) is 11.7 Å². The van der Waals surface area contributed by atoms with Gasteiger partial charge in [-0.1, -0.05) is 0 Å². The van der Waals surface area contributed by atoms with Crippen molar-refractivity contribution in [3.63, 3.8) is 0 Å². The number of thiophene rings is 1. The first-order valence-corrected chi connectivity index (χ1v) is 7.47. The summed E-state index contributed by atoms with van der Waals surface area (Å²) in [6, 6.07) is 2.92. The van der Waals surface area contributed by atoms with Crippen molar-refractivity contribution in [2.45, 2.75) is 25.6 Å². The van der Waals surface area contributed by atoms with Gasteiger partial charge in [-0.3, -0.25) is 4.79 Å². The van der Waals surface area contributed by atoms with Gasteiger partial charge in [-0.25, -0.2) is 0 Å². The zero-order valence-corrected chi connectivity index (χ0v) is 12.3. The highest BCUT2D eigenvalue weighted by Gasteiger charge is 2.29. The van der Waals surface area contributed by atoms with E-state index in [0.29, 0.717) is 6.54 Å². The molecule has 2 rings (SSSR count). The molecule has 1 aromatic heterocycles. The van der Waals surface area contributed by atoms with Crippen molar-refractivity contribution >= 4 is 17.2 Å². The van der Waals surface area contributed by atoms with Crippen LogP contribution in [-0.2, 0) is 4.79 Å². The predicted molar refractivity (Wildman–Crippen MR) is 73.4 cm³/mol. The third-order valence-electron chi connectivity index (χ3n) is 3.20. The number of alkyl halides is 3. The van der Waals surface area contributed by atoms with Crippen molar-refractivity contribution in [2.24, 2.45) is 5.92 Å². The summed E-state index contributed by atoms with van der Waals surface area (Å²) in [5.41, 5.74) is 0. The lowest BCUT2D eigenvalue weighted by atomic mass is 10.1. The third kappa shape index (κ3) is 4.89. The molecular weight excluding hydrogens is 305 g/mol. The summed E-state index contributed by atoms with van der Waals surface area (Å²) in [6.45, 7) is 2.00. The van der Waals surface area contributed by atoms with E-state index < -0.39 is 12.8 Å². The molecule has 2 N–H and O–H groups in total. The van der Waals surface area contributed by atoms with E-state index in [9.17, 15) is 18.0 Å². The highest BCUT2D eigenvalue weighted by molar-refractivity contribution is 7.13. The lowest BCUT2D eigenvalue weighted by Gasteiger charge is -2.15. The Morgan fingerprint density at radius 3 is 2.95 bits per heavy atom. The summed E-state index contributed by atoms with van der Waals surface area (Å²) in [4.78, 5) is 12.7. The van der Waals surface area contributed by atoms with Crippen molar-refractivity contribution in [2.75, 3.05) is 19.7 Å². The molecule has 118 valence electrons. The smallest absolute Gasteiger partial charge is 0.422 e. The highest BCUT2D eigenvalue weighted by Crippen LogP contribution is 2.30. The summed E-state index contributed by atoms with van der Waals surface area (Å²) in [6.07, 6.45) is -3.54. The number of hydrogen-bond acceptors (Lipinski definition) is 4. The zero-order chi connectivity index (χ0) is 15.5. The molecular formula is C13H17F3N2O2S. The number of carbonyl (C=O) groups excluding carboxylic acids is 1. The van der Waals surface area contributed by atoms with E-state index >= 15 is 0 Å². The largest absolute Gasteiger partial charge is 0.475 e. The molecule has 0 aromatic carbocycles. The normalized spacial score (nSPS) is 20.3. The molecule has 1 fully saturated rings. The maximum atomic E-state index is 12.1. The molecule has 0 aliphatic carbocycles. The number of rotatable bonds is 5. The second-order valence-electron chi connectivity index (χ2n) is 4.98. The fraction of sp³-hybridized carbons (Fsp3) is 0.615. The summed E-state index contributed by atoms with van der Waals surface area (Å²) < 4.78 is 40.9. The quantitative estimate of drug-likeness (QED) is 0.876. The minimum absolute atomic E-state index is 0.0290. The number of ether oxygens (including phenoxy) is 1. The van der Waals surface area contributed by atoms with Crippen molar-refractivity contribution in [1.82, 2.24) is 10.6 Å².